The molecule has 0 radical (unpaired) electrons. The number of carbonyl (C=O) groups is 4. The van der Waals surface area contributed by atoms with Crippen molar-refractivity contribution >= 4 is 29.3 Å². The zero-order chi connectivity index (χ0) is 17.0. The van der Waals surface area contributed by atoms with Gasteiger partial charge < -0.3 is 0 Å². The van der Waals surface area contributed by atoms with Crippen LogP contribution in [0, 0.1) is 0 Å². The maximum Gasteiger partial charge on any atom is 0.273 e. The van der Waals surface area contributed by atoms with Crippen molar-refractivity contribution in [2.24, 2.45) is 0 Å². The Bertz CT molecular complexity index is 976. The zero-order valence-corrected chi connectivity index (χ0v) is 12.6. The summed E-state index contributed by atoms with van der Waals surface area (Å²) in [7, 11) is 1.37. The monoisotopic (exact) mass is 318 g/mol. The normalized spacial score (nSPS) is 19.5. The van der Waals surface area contributed by atoms with E-state index in [0.29, 0.717) is 5.69 Å². The molecule has 2 heterocycles. The molecule has 24 heavy (non-hydrogen) atoms. The molecule has 4 amide bonds. The first-order chi connectivity index (χ1) is 11.5. The molecule has 1 fully saturated rings. The van der Waals surface area contributed by atoms with Crippen LogP contribution in [0.1, 0.15) is 0 Å². The smallest absolute Gasteiger partial charge is 0.273 e. The summed E-state index contributed by atoms with van der Waals surface area (Å²) >= 11 is 0. The lowest BCUT2D eigenvalue weighted by atomic mass is 10.1. The van der Waals surface area contributed by atoms with E-state index < -0.39 is 23.6 Å². The van der Waals surface area contributed by atoms with E-state index in [4.69, 9.17) is 0 Å². The summed E-state index contributed by atoms with van der Waals surface area (Å²) in [6.45, 7) is 0. The van der Waals surface area contributed by atoms with Crippen LogP contribution in [0.25, 0.3) is 0 Å². The van der Waals surface area contributed by atoms with Crippen LogP contribution in [0.4, 0.5) is 5.69 Å². The maximum absolute atomic E-state index is 12.7. The second-order valence-electron chi connectivity index (χ2n) is 5.50. The second-order valence-corrected chi connectivity index (χ2v) is 5.50. The zero-order valence-electron chi connectivity index (χ0n) is 12.6. The van der Waals surface area contributed by atoms with Crippen LogP contribution in [0.5, 0.6) is 0 Å². The van der Waals surface area contributed by atoms with Crippen molar-refractivity contribution in [3.8, 4) is 0 Å². The van der Waals surface area contributed by atoms with Gasteiger partial charge in [0.2, 0.25) is 0 Å². The van der Waals surface area contributed by atoms with E-state index >= 15 is 0 Å². The summed E-state index contributed by atoms with van der Waals surface area (Å²) in [6.07, 6.45) is 2.62. The Labute approximate surface area is 136 Å². The molecular weight excluding hydrogens is 308 g/mol. The molecule has 1 aromatic carbocycles. The second kappa shape index (κ2) is 4.75. The first-order valence-corrected chi connectivity index (χ1v) is 7.20. The summed E-state index contributed by atoms with van der Waals surface area (Å²) in [5.74, 6) is -2.03. The average Bonchev–Trinajstić information content (AvgIpc) is 2.85. The molecule has 0 bridgehead atoms. The topological polar surface area (TPSA) is 74.8 Å². The predicted octanol–water partition coefficient (Wildman–Crippen LogP) is 0.876. The molecule has 0 N–H and O–H groups in total. The summed E-state index contributed by atoms with van der Waals surface area (Å²) in [5.41, 5.74) is 3.54. The highest BCUT2D eigenvalue weighted by Crippen LogP contribution is 2.34. The van der Waals surface area contributed by atoms with Crippen molar-refractivity contribution in [2.75, 3.05) is 11.9 Å². The van der Waals surface area contributed by atoms with E-state index in [9.17, 15) is 19.2 Å². The van der Waals surface area contributed by atoms with Gasteiger partial charge in [-0.05, 0) is 24.3 Å². The number of fused-ring (bicyclic) bond motifs is 1. The summed E-state index contributed by atoms with van der Waals surface area (Å²) < 4.78 is 0. The summed E-state index contributed by atoms with van der Waals surface area (Å²) in [4.78, 5) is 51.5. The highest BCUT2D eigenvalue weighted by molar-refractivity contribution is 6.38. The number of hydrogen-bond acceptors (Lipinski definition) is 4. The van der Waals surface area contributed by atoms with Gasteiger partial charge in [0.05, 0.1) is 28.0 Å². The van der Waals surface area contributed by atoms with Crippen molar-refractivity contribution in [1.29, 1.82) is 0 Å². The van der Waals surface area contributed by atoms with Crippen LogP contribution in [-0.4, -0.2) is 35.6 Å². The van der Waals surface area contributed by atoms with Gasteiger partial charge in [0.1, 0.15) is 0 Å². The predicted molar refractivity (Wildman–Crippen MR) is 83.4 cm³/mol. The third-order valence-electron chi connectivity index (χ3n) is 4.14. The molecule has 0 atom stereocenters. The van der Waals surface area contributed by atoms with Crippen LogP contribution < -0.4 is 4.90 Å². The highest BCUT2D eigenvalue weighted by Gasteiger charge is 2.43. The molecule has 0 aromatic heterocycles. The molecule has 2 aliphatic heterocycles. The Morgan fingerprint density at radius 2 is 1.50 bits per heavy atom. The number of benzene rings is 1. The minimum Gasteiger partial charge on any atom is -0.277 e. The van der Waals surface area contributed by atoms with E-state index in [1.807, 2.05) is 0 Å². The number of nitrogens with zero attached hydrogens (tertiary/aromatic N) is 2. The SMILES string of the molecule is CN1C(=O)C2=C(C=C3C(=O)N(c4ccccc4)C(=O)C3=C=C2)C1=O. The number of carbonyl (C=O) groups excluding carboxylic acids is 4. The third-order valence-corrected chi connectivity index (χ3v) is 4.14. The van der Waals surface area contributed by atoms with Crippen LogP contribution in [-0.2, 0) is 19.2 Å². The standard InChI is InChI=1S/C18H10N2O4/c1-19-15(21)11-7-8-12-14(9-13(11)16(19)22)18(24)20(17(12)23)10-5-3-2-4-6-10/h2-7,9H,1H3. The Morgan fingerprint density at radius 1 is 0.833 bits per heavy atom. The van der Waals surface area contributed by atoms with Crippen molar-refractivity contribution in [3.63, 3.8) is 0 Å². The first-order valence-electron chi connectivity index (χ1n) is 7.20. The lowest BCUT2D eigenvalue weighted by molar-refractivity contribution is -0.135. The summed E-state index contributed by atoms with van der Waals surface area (Å²) in [5, 5.41) is 0. The van der Waals surface area contributed by atoms with Gasteiger partial charge in [-0.25, -0.2) is 4.90 Å². The Hall–Kier alpha value is -3.50. The van der Waals surface area contributed by atoms with Gasteiger partial charge in [-0.2, -0.15) is 0 Å². The molecule has 6 heteroatoms. The number of rotatable bonds is 1. The molecule has 1 saturated heterocycles. The Balaban J connectivity index is 1.87. The molecule has 4 rings (SSSR count). The van der Waals surface area contributed by atoms with Gasteiger partial charge in [-0.3, -0.25) is 24.1 Å². The summed E-state index contributed by atoms with van der Waals surface area (Å²) in [6, 6.07) is 8.51. The molecule has 1 aliphatic carbocycles. The molecule has 0 unspecified atom stereocenters. The third kappa shape index (κ3) is 1.71. The van der Waals surface area contributed by atoms with Crippen LogP contribution in [0.3, 0.4) is 0 Å². The fourth-order valence-electron chi connectivity index (χ4n) is 2.88. The largest absolute Gasteiger partial charge is 0.277 e. The maximum atomic E-state index is 12.7. The quantitative estimate of drug-likeness (QED) is 0.569. The first kappa shape index (κ1) is 14.1. The minimum absolute atomic E-state index is 0.0570. The van der Waals surface area contributed by atoms with Gasteiger partial charge in [-0.15, -0.1) is 5.73 Å². The van der Waals surface area contributed by atoms with E-state index in [1.54, 1.807) is 30.3 Å². The molecule has 116 valence electrons. The van der Waals surface area contributed by atoms with Crippen molar-refractivity contribution in [2.45, 2.75) is 0 Å². The van der Waals surface area contributed by atoms with E-state index in [1.165, 1.54) is 19.2 Å². The number of anilines is 1. The number of hydrogen-bond donors (Lipinski definition) is 0. The fraction of sp³-hybridized carbons (Fsp3) is 0.0556. The molecular formula is C18H10N2O4. The van der Waals surface area contributed by atoms with Crippen molar-refractivity contribution in [3.05, 3.63) is 70.5 Å². The molecule has 3 aliphatic rings. The van der Waals surface area contributed by atoms with Gasteiger partial charge in [0.25, 0.3) is 23.6 Å². The van der Waals surface area contributed by atoms with Crippen LogP contribution >= 0.6 is 0 Å². The van der Waals surface area contributed by atoms with E-state index in [-0.39, 0.29) is 22.3 Å². The molecule has 0 saturated carbocycles. The number of amides is 4. The highest BCUT2D eigenvalue weighted by atomic mass is 16.2. The number of para-hydroxylation sites is 1. The van der Waals surface area contributed by atoms with E-state index in [0.717, 1.165) is 9.80 Å². The van der Waals surface area contributed by atoms with Crippen LogP contribution in [0.2, 0.25) is 0 Å². The minimum atomic E-state index is -0.536. The molecule has 6 nitrogen and oxygen atoms in total. The van der Waals surface area contributed by atoms with Crippen molar-refractivity contribution in [1.82, 2.24) is 4.90 Å². The Morgan fingerprint density at radius 3 is 2.21 bits per heavy atom. The lowest BCUT2D eigenvalue weighted by Gasteiger charge is -2.12. The fourth-order valence-corrected chi connectivity index (χ4v) is 2.88. The van der Waals surface area contributed by atoms with Gasteiger partial charge in [0.15, 0.2) is 0 Å². The average molecular weight is 318 g/mol. The Kier molecular flexibility index (Phi) is 2.79. The van der Waals surface area contributed by atoms with Gasteiger partial charge in [-0.1, -0.05) is 18.2 Å². The molecule has 0 spiro atoms. The lowest BCUT2D eigenvalue weighted by Crippen LogP contribution is -2.29. The number of likely N-dealkylation sites (N-methyl/N-ethyl adjacent to an activating group) is 1. The van der Waals surface area contributed by atoms with E-state index in [2.05, 4.69) is 5.73 Å². The van der Waals surface area contributed by atoms with Gasteiger partial charge in [0, 0.05) is 7.05 Å². The van der Waals surface area contributed by atoms with Crippen molar-refractivity contribution < 1.29 is 19.2 Å². The number of imide groups is 2. The molecule has 1 aromatic rings. The van der Waals surface area contributed by atoms with Crippen LogP contribution in [0.15, 0.2) is 70.5 Å². The van der Waals surface area contributed by atoms with Gasteiger partial charge >= 0.3 is 0 Å².